The molecule has 2 aromatic rings. The Morgan fingerprint density at radius 3 is 2.60 bits per heavy atom. The van der Waals surface area contributed by atoms with Gasteiger partial charge in [0.05, 0.1) is 4.90 Å². The number of hydrogen-bond acceptors (Lipinski definition) is 2. The van der Waals surface area contributed by atoms with E-state index in [0.29, 0.717) is 4.90 Å². The summed E-state index contributed by atoms with van der Waals surface area (Å²) in [5.74, 6) is 0. The van der Waals surface area contributed by atoms with E-state index in [1.165, 1.54) is 5.41 Å². The Labute approximate surface area is 87.8 Å². The highest BCUT2D eigenvalue weighted by atomic mass is 32.2. The maximum absolute atomic E-state index is 11.8. The first-order valence-electron chi connectivity index (χ1n) is 4.63. The highest BCUT2D eigenvalue weighted by Gasteiger charge is 2.22. The first-order chi connectivity index (χ1) is 7.18. The van der Waals surface area contributed by atoms with Crippen molar-refractivity contribution in [3.05, 3.63) is 47.4 Å². The van der Waals surface area contributed by atoms with Crippen molar-refractivity contribution in [3.63, 3.8) is 0 Å². The molecule has 0 spiro atoms. The fourth-order valence-corrected chi connectivity index (χ4v) is 3.36. The molecule has 0 bridgehead atoms. The van der Waals surface area contributed by atoms with Crippen LogP contribution in [-0.2, 0) is 9.84 Å². The lowest BCUT2D eigenvalue weighted by Crippen LogP contribution is -1.94. The van der Waals surface area contributed by atoms with E-state index in [1.54, 1.807) is 6.08 Å². The van der Waals surface area contributed by atoms with Gasteiger partial charge in [-0.1, -0.05) is 36.4 Å². The van der Waals surface area contributed by atoms with E-state index in [9.17, 15) is 8.42 Å². The van der Waals surface area contributed by atoms with Gasteiger partial charge in [-0.15, -0.1) is 0 Å². The minimum Gasteiger partial charge on any atom is -0.219 e. The van der Waals surface area contributed by atoms with Gasteiger partial charge in [-0.05, 0) is 17.0 Å². The SMILES string of the molecule is O=S1(=O)C=Cc2ccc3ccccc3c21. The molecule has 2 nitrogen and oxygen atoms in total. The summed E-state index contributed by atoms with van der Waals surface area (Å²) in [6, 6.07) is 11.3. The number of sulfone groups is 1. The Bertz CT molecular complexity index is 682. The Hall–Kier alpha value is -1.61. The molecule has 74 valence electrons. The van der Waals surface area contributed by atoms with Crippen molar-refractivity contribution in [1.29, 1.82) is 0 Å². The van der Waals surface area contributed by atoms with Crippen LogP contribution in [0, 0.1) is 0 Å². The zero-order chi connectivity index (χ0) is 10.5. The predicted octanol–water partition coefficient (Wildman–Crippen LogP) is 2.60. The predicted molar refractivity (Wildman–Crippen MR) is 60.2 cm³/mol. The average Bonchev–Trinajstić information content (AvgIpc) is 2.55. The molecule has 0 amide bonds. The van der Waals surface area contributed by atoms with E-state index < -0.39 is 9.84 Å². The molecule has 2 aromatic carbocycles. The Morgan fingerprint density at radius 1 is 0.933 bits per heavy atom. The molecule has 3 rings (SSSR count). The molecule has 1 aliphatic rings. The molecule has 0 aromatic heterocycles. The van der Waals surface area contributed by atoms with Gasteiger partial charge >= 0.3 is 0 Å². The fraction of sp³-hybridized carbons (Fsp3) is 0. The third kappa shape index (κ3) is 1.13. The van der Waals surface area contributed by atoms with Crippen LogP contribution in [0.5, 0.6) is 0 Å². The van der Waals surface area contributed by atoms with Crippen molar-refractivity contribution in [2.24, 2.45) is 0 Å². The topological polar surface area (TPSA) is 34.1 Å². The van der Waals surface area contributed by atoms with E-state index >= 15 is 0 Å². The summed E-state index contributed by atoms with van der Waals surface area (Å²) < 4.78 is 23.6. The van der Waals surface area contributed by atoms with Crippen LogP contribution in [0.1, 0.15) is 5.56 Å². The van der Waals surface area contributed by atoms with Crippen molar-refractivity contribution < 1.29 is 8.42 Å². The summed E-state index contributed by atoms with van der Waals surface area (Å²) in [5.41, 5.74) is 0.786. The molecule has 3 heteroatoms. The fourth-order valence-electron chi connectivity index (χ4n) is 1.94. The molecule has 0 aliphatic carbocycles. The molecule has 15 heavy (non-hydrogen) atoms. The molecule has 0 saturated carbocycles. The van der Waals surface area contributed by atoms with Crippen LogP contribution < -0.4 is 0 Å². The van der Waals surface area contributed by atoms with Gasteiger partial charge < -0.3 is 0 Å². The van der Waals surface area contributed by atoms with Gasteiger partial charge in [0.15, 0.2) is 0 Å². The van der Waals surface area contributed by atoms with Crippen molar-refractivity contribution in [3.8, 4) is 0 Å². The van der Waals surface area contributed by atoms with Gasteiger partial charge in [0.1, 0.15) is 0 Å². The lowest BCUT2D eigenvalue weighted by Gasteiger charge is -2.03. The lowest BCUT2D eigenvalue weighted by atomic mass is 10.1. The van der Waals surface area contributed by atoms with Crippen LogP contribution in [0.15, 0.2) is 46.7 Å². The van der Waals surface area contributed by atoms with E-state index in [-0.39, 0.29) is 0 Å². The van der Waals surface area contributed by atoms with Gasteiger partial charge in [0.2, 0.25) is 9.84 Å². The number of benzene rings is 2. The molecule has 0 fully saturated rings. The Morgan fingerprint density at radius 2 is 1.73 bits per heavy atom. The first kappa shape index (κ1) is 8.68. The van der Waals surface area contributed by atoms with Crippen molar-refractivity contribution in [1.82, 2.24) is 0 Å². The second-order valence-corrected chi connectivity index (χ2v) is 5.32. The molecule has 0 unspecified atom stereocenters. The monoisotopic (exact) mass is 216 g/mol. The quantitative estimate of drug-likeness (QED) is 0.678. The number of rotatable bonds is 0. The van der Waals surface area contributed by atoms with Crippen LogP contribution in [0.3, 0.4) is 0 Å². The van der Waals surface area contributed by atoms with Gasteiger partial charge in [0.25, 0.3) is 0 Å². The molecule has 0 saturated heterocycles. The molecule has 0 atom stereocenters. The minimum atomic E-state index is -3.21. The van der Waals surface area contributed by atoms with Gasteiger partial charge in [0, 0.05) is 10.8 Å². The second-order valence-electron chi connectivity index (χ2n) is 3.55. The highest BCUT2D eigenvalue weighted by Crippen LogP contribution is 2.33. The third-order valence-electron chi connectivity index (χ3n) is 2.62. The summed E-state index contributed by atoms with van der Waals surface area (Å²) in [6.07, 6.45) is 1.65. The van der Waals surface area contributed by atoms with Gasteiger partial charge in [-0.3, -0.25) is 0 Å². The van der Waals surface area contributed by atoms with Crippen LogP contribution in [0.25, 0.3) is 16.8 Å². The summed E-state index contributed by atoms with van der Waals surface area (Å²) in [4.78, 5) is 0.445. The van der Waals surface area contributed by atoms with Crippen molar-refractivity contribution >= 4 is 26.7 Å². The summed E-state index contributed by atoms with van der Waals surface area (Å²) in [7, 11) is -3.21. The van der Waals surface area contributed by atoms with Crippen molar-refractivity contribution in [2.45, 2.75) is 4.90 Å². The summed E-state index contributed by atoms with van der Waals surface area (Å²) >= 11 is 0. The highest BCUT2D eigenvalue weighted by molar-refractivity contribution is 7.95. The number of hydrogen-bond donors (Lipinski definition) is 0. The first-order valence-corrected chi connectivity index (χ1v) is 6.18. The maximum Gasteiger partial charge on any atom is 0.201 e. The van der Waals surface area contributed by atoms with E-state index in [2.05, 4.69) is 0 Å². The maximum atomic E-state index is 11.8. The average molecular weight is 216 g/mol. The number of fused-ring (bicyclic) bond motifs is 3. The summed E-state index contributed by atoms with van der Waals surface area (Å²) in [5, 5.41) is 3.04. The van der Waals surface area contributed by atoms with Crippen LogP contribution in [-0.4, -0.2) is 8.42 Å². The molecule has 1 heterocycles. The summed E-state index contributed by atoms with van der Waals surface area (Å²) in [6.45, 7) is 0. The molecular weight excluding hydrogens is 208 g/mol. The second kappa shape index (κ2) is 2.70. The Balaban J connectivity index is 2.57. The smallest absolute Gasteiger partial charge is 0.201 e. The van der Waals surface area contributed by atoms with Gasteiger partial charge in [-0.2, -0.15) is 0 Å². The van der Waals surface area contributed by atoms with Crippen LogP contribution >= 0.6 is 0 Å². The van der Waals surface area contributed by atoms with E-state index in [0.717, 1.165) is 16.3 Å². The zero-order valence-corrected chi connectivity index (χ0v) is 8.66. The largest absolute Gasteiger partial charge is 0.219 e. The molecule has 0 N–H and O–H groups in total. The molecular formula is C12H8O2S. The lowest BCUT2D eigenvalue weighted by molar-refractivity contribution is 0.606. The normalized spacial score (nSPS) is 16.8. The Kier molecular flexibility index (Phi) is 1.56. The minimum absolute atomic E-state index is 0.445. The molecule has 0 radical (unpaired) electrons. The van der Waals surface area contributed by atoms with E-state index in [4.69, 9.17) is 0 Å². The molecule has 1 aliphatic heterocycles. The third-order valence-corrected chi connectivity index (χ3v) is 4.14. The van der Waals surface area contributed by atoms with E-state index in [1.807, 2.05) is 36.4 Å². The standard InChI is InChI=1S/C12H8O2S/c13-15(14)8-7-10-6-5-9-3-1-2-4-11(9)12(10)15/h1-8H. The van der Waals surface area contributed by atoms with Gasteiger partial charge in [-0.25, -0.2) is 8.42 Å². The van der Waals surface area contributed by atoms with Crippen LogP contribution in [0.4, 0.5) is 0 Å². The van der Waals surface area contributed by atoms with Crippen LogP contribution in [0.2, 0.25) is 0 Å². The van der Waals surface area contributed by atoms with Crippen molar-refractivity contribution in [2.75, 3.05) is 0 Å². The zero-order valence-electron chi connectivity index (χ0n) is 7.84.